The van der Waals surface area contributed by atoms with Gasteiger partial charge in [0.15, 0.2) is 0 Å². The van der Waals surface area contributed by atoms with Crippen LogP contribution in [0.4, 0.5) is 16.2 Å². The summed E-state index contributed by atoms with van der Waals surface area (Å²) in [6.45, 7) is 4.50. The van der Waals surface area contributed by atoms with E-state index in [1.54, 1.807) is 6.92 Å². The molecular formula is C26H30N2O3. The van der Waals surface area contributed by atoms with E-state index in [1.165, 1.54) is 24.8 Å². The molecule has 2 aliphatic carbocycles. The Morgan fingerprint density at radius 2 is 1.90 bits per heavy atom. The van der Waals surface area contributed by atoms with Gasteiger partial charge in [-0.2, -0.15) is 0 Å². The fraction of sp³-hybridized carbons (Fsp3) is 0.462. The number of rotatable bonds is 3. The number of hydrogen-bond donors (Lipinski definition) is 1. The van der Waals surface area contributed by atoms with Crippen LogP contribution in [0.1, 0.15) is 57.1 Å². The molecule has 1 N–H and O–H groups in total. The number of hydrogen-bond acceptors (Lipinski definition) is 3. The van der Waals surface area contributed by atoms with Gasteiger partial charge in [-0.1, -0.05) is 37.3 Å². The number of carbonyl (C=O) groups is 2. The second-order valence-electron chi connectivity index (χ2n) is 9.59. The van der Waals surface area contributed by atoms with E-state index in [-0.39, 0.29) is 23.5 Å². The first-order chi connectivity index (χ1) is 14.9. The van der Waals surface area contributed by atoms with E-state index >= 15 is 0 Å². The molecule has 5 nitrogen and oxygen atoms in total. The Morgan fingerprint density at radius 1 is 1.10 bits per heavy atom. The van der Waals surface area contributed by atoms with Crippen LogP contribution >= 0.6 is 0 Å². The van der Waals surface area contributed by atoms with E-state index < -0.39 is 0 Å². The molecule has 2 aromatic rings. The van der Waals surface area contributed by atoms with Crippen LogP contribution in [0.15, 0.2) is 48.5 Å². The van der Waals surface area contributed by atoms with E-state index in [0.29, 0.717) is 18.2 Å². The van der Waals surface area contributed by atoms with E-state index in [1.807, 2.05) is 41.3 Å². The molecule has 0 saturated heterocycles. The summed E-state index contributed by atoms with van der Waals surface area (Å²) >= 11 is 0. The Kier molecular flexibility index (Phi) is 4.99. The summed E-state index contributed by atoms with van der Waals surface area (Å²) in [7, 11) is 0. The van der Waals surface area contributed by atoms with Crippen LogP contribution in [0.5, 0.6) is 0 Å². The Hall–Kier alpha value is -2.82. The second kappa shape index (κ2) is 7.70. The van der Waals surface area contributed by atoms with Gasteiger partial charge in [-0.15, -0.1) is 0 Å². The zero-order chi connectivity index (χ0) is 21.6. The van der Waals surface area contributed by atoms with Crippen LogP contribution < -0.4 is 10.2 Å². The summed E-state index contributed by atoms with van der Waals surface area (Å²) in [5.74, 6) is 1.30. The topological polar surface area (TPSA) is 58.6 Å². The van der Waals surface area contributed by atoms with Crippen molar-refractivity contribution in [3.8, 4) is 0 Å². The highest BCUT2D eigenvalue weighted by atomic mass is 16.6. The number of benzene rings is 2. The van der Waals surface area contributed by atoms with Gasteiger partial charge in [0.05, 0.1) is 0 Å². The van der Waals surface area contributed by atoms with Crippen molar-refractivity contribution >= 4 is 23.4 Å². The lowest BCUT2D eigenvalue weighted by Crippen LogP contribution is -2.41. The maximum atomic E-state index is 12.6. The van der Waals surface area contributed by atoms with Crippen molar-refractivity contribution in [3.63, 3.8) is 0 Å². The Labute approximate surface area is 183 Å². The number of amides is 2. The molecule has 2 fully saturated rings. The number of nitrogens with one attached hydrogen (secondary N) is 1. The van der Waals surface area contributed by atoms with Gasteiger partial charge in [-0.25, -0.2) is 4.79 Å². The molecule has 5 heteroatoms. The first kappa shape index (κ1) is 20.1. The molecular weight excluding hydrogens is 388 g/mol. The number of ether oxygens (including phenoxy) is 1. The summed E-state index contributed by atoms with van der Waals surface area (Å²) in [6.07, 6.45) is 5.16. The van der Waals surface area contributed by atoms with Crippen LogP contribution in [0.25, 0.3) is 0 Å². The van der Waals surface area contributed by atoms with E-state index in [4.69, 9.17) is 4.74 Å². The van der Waals surface area contributed by atoms with Gasteiger partial charge < -0.3 is 9.64 Å². The molecule has 3 aliphatic rings. The van der Waals surface area contributed by atoms with Crippen LogP contribution in [0.3, 0.4) is 0 Å². The summed E-state index contributed by atoms with van der Waals surface area (Å²) in [6, 6.07) is 16.2. The molecule has 0 spiro atoms. The van der Waals surface area contributed by atoms with Crippen molar-refractivity contribution in [2.45, 2.75) is 57.5 Å². The molecule has 0 radical (unpaired) electrons. The zero-order valence-electron chi connectivity index (χ0n) is 18.3. The summed E-state index contributed by atoms with van der Waals surface area (Å²) in [5.41, 5.74) is 3.64. The third-order valence-electron chi connectivity index (χ3n) is 7.69. The molecule has 1 aliphatic heterocycles. The first-order valence-electron chi connectivity index (χ1n) is 11.4. The Balaban J connectivity index is 1.42. The van der Waals surface area contributed by atoms with Crippen molar-refractivity contribution in [1.82, 2.24) is 0 Å². The fourth-order valence-electron chi connectivity index (χ4n) is 5.93. The highest BCUT2D eigenvalue weighted by Crippen LogP contribution is 2.47. The molecule has 2 aromatic carbocycles. The summed E-state index contributed by atoms with van der Waals surface area (Å²) in [5, 5.41) is 2.95. The molecule has 2 amide bonds. The average Bonchev–Trinajstić information content (AvgIpc) is 3.38. The standard InChI is InChI=1S/C26H30N2O3/c1-17(29)28-13-12-26(2,20-6-4-3-5-7-20)22-16-21(10-11-23(22)28)27-25(30)31-24-15-18-8-9-19(24)14-18/h3-7,10-11,16,18-19,24H,8-9,12-15H2,1-2H3,(H,27,30). The van der Waals surface area contributed by atoms with Crippen molar-refractivity contribution in [2.24, 2.45) is 11.8 Å². The normalized spacial score (nSPS) is 28.8. The third kappa shape index (κ3) is 3.60. The molecule has 4 unspecified atom stereocenters. The quantitative estimate of drug-likeness (QED) is 0.717. The van der Waals surface area contributed by atoms with Gasteiger partial charge in [0, 0.05) is 30.3 Å². The second-order valence-corrected chi connectivity index (χ2v) is 9.59. The maximum absolute atomic E-state index is 12.6. The van der Waals surface area contributed by atoms with E-state index in [2.05, 4.69) is 24.4 Å². The molecule has 4 atom stereocenters. The number of anilines is 2. The third-order valence-corrected chi connectivity index (χ3v) is 7.69. The summed E-state index contributed by atoms with van der Waals surface area (Å²) in [4.78, 5) is 26.7. The lowest BCUT2D eigenvalue weighted by Gasteiger charge is -2.41. The van der Waals surface area contributed by atoms with Gasteiger partial charge in [0.2, 0.25) is 5.91 Å². The molecule has 162 valence electrons. The Morgan fingerprint density at radius 3 is 2.58 bits per heavy atom. The number of carbonyl (C=O) groups excluding carboxylic acids is 2. The minimum Gasteiger partial charge on any atom is -0.446 e. The lowest BCUT2D eigenvalue weighted by atomic mass is 9.71. The largest absolute Gasteiger partial charge is 0.446 e. The fourth-order valence-corrected chi connectivity index (χ4v) is 5.93. The molecule has 5 rings (SSSR count). The highest BCUT2D eigenvalue weighted by Gasteiger charge is 2.42. The Bertz CT molecular complexity index is 1000. The van der Waals surface area contributed by atoms with Crippen LogP contribution in [0.2, 0.25) is 0 Å². The van der Waals surface area contributed by atoms with Gasteiger partial charge in [0.1, 0.15) is 6.10 Å². The van der Waals surface area contributed by atoms with Crippen molar-refractivity contribution in [1.29, 1.82) is 0 Å². The van der Waals surface area contributed by atoms with E-state index in [9.17, 15) is 9.59 Å². The number of nitrogens with zero attached hydrogens (tertiary/aromatic N) is 1. The molecule has 0 aromatic heterocycles. The average molecular weight is 419 g/mol. The predicted octanol–water partition coefficient (Wildman–Crippen LogP) is 5.49. The molecule has 1 heterocycles. The molecule has 31 heavy (non-hydrogen) atoms. The van der Waals surface area contributed by atoms with E-state index in [0.717, 1.165) is 30.0 Å². The monoisotopic (exact) mass is 418 g/mol. The van der Waals surface area contributed by atoms with Crippen LogP contribution in [-0.4, -0.2) is 24.6 Å². The van der Waals surface area contributed by atoms with Crippen molar-refractivity contribution in [3.05, 3.63) is 59.7 Å². The predicted molar refractivity (Wildman–Crippen MR) is 121 cm³/mol. The van der Waals surface area contributed by atoms with Crippen molar-refractivity contribution in [2.75, 3.05) is 16.8 Å². The number of fused-ring (bicyclic) bond motifs is 3. The summed E-state index contributed by atoms with van der Waals surface area (Å²) < 4.78 is 5.77. The maximum Gasteiger partial charge on any atom is 0.411 e. The van der Waals surface area contributed by atoms with Gasteiger partial charge >= 0.3 is 6.09 Å². The van der Waals surface area contributed by atoms with Gasteiger partial charge in [0.25, 0.3) is 0 Å². The highest BCUT2D eigenvalue weighted by molar-refractivity contribution is 5.94. The SMILES string of the molecule is CC(=O)N1CCC(C)(c2ccccc2)c2cc(NC(=O)OC3CC4CCC3C4)ccc21. The molecule has 2 bridgehead atoms. The first-order valence-corrected chi connectivity index (χ1v) is 11.4. The van der Waals surface area contributed by atoms with Crippen LogP contribution in [0, 0.1) is 11.8 Å². The smallest absolute Gasteiger partial charge is 0.411 e. The lowest BCUT2D eigenvalue weighted by molar-refractivity contribution is -0.116. The zero-order valence-corrected chi connectivity index (χ0v) is 18.3. The van der Waals surface area contributed by atoms with Crippen LogP contribution in [-0.2, 0) is 14.9 Å². The van der Waals surface area contributed by atoms with Crippen molar-refractivity contribution < 1.29 is 14.3 Å². The molecule has 2 saturated carbocycles. The minimum absolute atomic E-state index is 0.0350. The minimum atomic E-state index is -0.377. The van der Waals surface area contributed by atoms with Gasteiger partial charge in [-0.05, 0) is 73.3 Å². The van der Waals surface area contributed by atoms with Gasteiger partial charge in [-0.3, -0.25) is 10.1 Å².